The van der Waals surface area contributed by atoms with Gasteiger partial charge >= 0.3 is 0 Å². The fourth-order valence-electron chi connectivity index (χ4n) is 2.88. The number of imidazole rings is 1. The van der Waals surface area contributed by atoms with E-state index < -0.39 is 0 Å². The Morgan fingerprint density at radius 2 is 2.22 bits per heavy atom. The van der Waals surface area contributed by atoms with Gasteiger partial charge in [0, 0.05) is 23.9 Å². The first-order valence-electron chi connectivity index (χ1n) is 6.86. The van der Waals surface area contributed by atoms with Gasteiger partial charge < -0.3 is 9.88 Å². The lowest BCUT2D eigenvalue weighted by atomic mass is 9.78. The molecule has 1 aromatic rings. The van der Waals surface area contributed by atoms with Gasteiger partial charge in [0.1, 0.15) is 0 Å². The summed E-state index contributed by atoms with van der Waals surface area (Å²) >= 11 is 1.93. The zero-order chi connectivity index (χ0) is 13.0. The molecule has 2 heterocycles. The third-order valence-electron chi connectivity index (χ3n) is 4.00. The number of thioether (sulfide) groups is 1. The minimum absolute atomic E-state index is 0.306. The molecule has 0 aliphatic carbocycles. The van der Waals surface area contributed by atoms with Gasteiger partial charge in [0.05, 0.1) is 6.33 Å². The normalized spacial score (nSPS) is 20.8. The summed E-state index contributed by atoms with van der Waals surface area (Å²) < 4.78 is 2.38. The van der Waals surface area contributed by atoms with Crippen molar-refractivity contribution in [2.45, 2.75) is 38.6 Å². The van der Waals surface area contributed by atoms with E-state index in [1.807, 2.05) is 18.1 Å². The van der Waals surface area contributed by atoms with Crippen molar-refractivity contribution >= 4 is 11.8 Å². The summed E-state index contributed by atoms with van der Waals surface area (Å²) in [6, 6.07) is 0. The minimum Gasteiger partial charge on any atom is -0.334 e. The van der Waals surface area contributed by atoms with Crippen molar-refractivity contribution in [1.82, 2.24) is 14.9 Å². The highest BCUT2D eigenvalue weighted by molar-refractivity contribution is 7.98. The molecular formula is C14H25N3S. The molecule has 0 spiro atoms. The van der Waals surface area contributed by atoms with Crippen LogP contribution >= 0.6 is 11.8 Å². The molecule has 1 saturated heterocycles. The lowest BCUT2D eigenvalue weighted by Crippen LogP contribution is -2.39. The summed E-state index contributed by atoms with van der Waals surface area (Å²) in [5.41, 5.74) is 1.73. The molecule has 102 valence electrons. The number of hydrogen-bond acceptors (Lipinski definition) is 3. The van der Waals surface area contributed by atoms with E-state index >= 15 is 0 Å². The molecule has 0 saturated carbocycles. The van der Waals surface area contributed by atoms with Gasteiger partial charge in [0.2, 0.25) is 0 Å². The van der Waals surface area contributed by atoms with Crippen molar-refractivity contribution in [2.24, 2.45) is 5.92 Å². The van der Waals surface area contributed by atoms with Gasteiger partial charge in [-0.1, -0.05) is 13.8 Å². The van der Waals surface area contributed by atoms with E-state index in [4.69, 9.17) is 0 Å². The summed E-state index contributed by atoms with van der Waals surface area (Å²) in [6.07, 6.45) is 8.71. The van der Waals surface area contributed by atoms with E-state index in [1.54, 1.807) is 0 Å². The van der Waals surface area contributed by atoms with Crippen LogP contribution in [0, 0.1) is 5.92 Å². The molecule has 2 rings (SSSR count). The summed E-state index contributed by atoms with van der Waals surface area (Å²) in [4.78, 5) is 4.39. The molecule has 0 radical (unpaired) electrons. The monoisotopic (exact) mass is 267 g/mol. The van der Waals surface area contributed by atoms with Crippen molar-refractivity contribution in [3.8, 4) is 0 Å². The topological polar surface area (TPSA) is 29.9 Å². The highest BCUT2D eigenvalue weighted by Crippen LogP contribution is 2.32. The maximum Gasteiger partial charge on any atom is 0.0948 e. The third kappa shape index (κ3) is 3.09. The second-order valence-corrected chi connectivity index (χ2v) is 6.71. The molecule has 1 unspecified atom stereocenters. The lowest BCUT2D eigenvalue weighted by Gasteiger charge is -2.35. The average molecular weight is 267 g/mol. The van der Waals surface area contributed by atoms with E-state index in [2.05, 4.69) is 41.2 Å². The Labute approximate surface area is 115 Å². The molecule has 1 N–H and O–H groups in total. The largest absolute Gasteiger partial charge is 0.334 e. The van der Waals surface area contributed by atoms with Gasteiger partial charge in [-0.15, -0.1) is 0 Å². The van der Waals surface area contributed by atoms with Crippen molar-refractivity contribution in [2.75, 3.05) is 25.1 Å². The lowest BCUT2D eigenvalue weighted by molar-refractivity contribution is 0.312. The average Bonchev–Trinajstić information content (AvgIpc) is 2.79. The Hall–Kier alpha value is -0.480. The Morgan fingerprint density at radius 3 is 2.89 bits per heavy atom. The van der Waals surface area contributed by atoms with Crippen LogP contribution in [0.25, 0.3) is 0 Å². The van der Waals surface area contributed by atoms with E-state index in [-0.39, 0.29) is 0 Å². The number of rotatable bonds is 5. The smallest absolute Gasteiger partial charge is 0.0948 e. The molecule has 1 aliphatic heterocycles. The Bertz CT molecular complexity index is 369. The summed E-state index contributed by atoms with van der Waals surface area (Å²) in [7, 11) is 0. The summed E-state index contributed by atoms with van der Waals surface area (Å²) in [6.45, 7) is 8.06. The van der Waals surface area contributed by atoms with Crippen LogP contribution in [0.4, 0.5) is 0 Å². The highest BCUT2D eigenvalue weighted by Gasteiger charge is 2.31. The Balaban J connectivity index is 2.11. The molecule has 0 bridgehead atoms. The Kier molecular flexibility index (Phi) is 4.73. The molecule has 18 heavy (non-hydrogen) atoms. The first-order valence-corrected chi connectivity index (χ1v) is 8.25. The molecule has 0 amide bonds. The molecule has 1 aliphatic rings. The van der Waals surface area contributed by atoms with E-state index in [0.717, 1.165) is 19.6 Å². The van der Waals surface area contributed by atoms with Gasteiger partial charge in [-0.25, -0.2) is 4.98 Å². The SMILES string of the molecule is CSCC(C)Cn1cncc1C1(C)CCNCC1. The van der Waals surface area contributed by atoms with Crippen LogP contribution < -0.4 is 5.32 Å². The quantitative estimate of drug-likeness (QED) is 0.889. The van der Waals surface area contributed by atoms with Gasteiger partial charge in [-0.3, -0.25) is 0 Å². The molecule has 4 heteroatoms. The van der Waals surface area contributed by atoms with Gasteiger partial charge in [0.25, 0.3) is 0 Å². The zero-order valence-corrected chi connectivity index (χ0v) is 12.6. The van der Waals surface area contributed by atoms with Crippen molar-refractivity contribution < 1.29 is 0 Å². The van der Waals surface area contributed by atoms with Crippen LogP contribution in [0.15, 0.2) is 12.5 Å². The van der Waals surface area contributed by atoms with Crippen LogP contribution in [0.1, 0.15) is 32.4 Å². The third-order valence-corrected chi connectivity index (χ3v) is 4.90. The van der Waals surface area contributed by atoms with Gasteiger partial charge in [-0.2, -0.15) is 11.8 Å². The predicted molar refractivity (Wildman–Crippen MR) is 79.2 cm³/mol. The van der Waals surface area contributed by atoms with Crippen LogP contribution in [0.5, 0.6) is 0 Å². The zero-order valence-electron chi connectivity index (χ0n) is 11.8. The molecule has 1 atom stereocenters. The fraction of sp³-hybridized carbons (Fsp3) is 0.786. The number of piperidine rings is 1. The summed E-state index contributed by atoms with van der Waals surface area (Å²) in [5.74, 6) is 1.92. The molecule has 0 aromatic carbocycles. The maximum absolute atomic E-state index is 4.39. The van der Waals surface area contributed by atoms with Gasteiger partial charge in [-0.05, 0) is 43.9 Å². The molecular weight excluding hydrogens is 242 g/mol. The van der Waals surface area contributed by atoms with Crippen molar-refractivity contribution in [3.05, 3.63) is 18.2 Å². The van der Waals surface area contributed by atoms with E-state index in [1.165, 1.54) is 24.3 Å². The molecule has 3 nitrogen and oxygen atoms in total. The summed E-state index contributed by atoms with van der Waals surface area (Å²) in [5, 5.41) is 3.45. The second kappa shape index (κ2) is 6.11. The number of aromatic nitrogens is 2. The molecule has 1 fully saturated rings. The first-order chi connectivity index (χ1) is 8.65. The molecule has 1 aromatic heterocycles. The van der Waals surface area contributed by atoms with Crippen LogP contribution in [-0.2, 0) is 12.0 Å². The highest BCUT2D eigenvalue weighted by atomic mass is 32.2. The fourth-order valence-corrected chi connectivity index (χ4v) is 3.55. The number of hydrogen-bond donors (Lipinski definition) is 1. The number of nitrogens with one attached hydrogen (secondary N) is 1. The number of nitrogens with zero attached hydrogens (tertiary/aromatic N) is 2. The standard InChI is InChI=1S/C14H25N3S/c1-12(10-18-3)9-17-11-16-8-13(17)14(2)4-6-15-7-5-14/h8,11-12,15H,4-7,9-10H2,1-3H3. The van der Waals surface area contributed by atoms with Crippen molar-refractivity contribution in [1.29, 1.82) is 0 Å². The van der Waals surface area contributed by atoms with Crippen LogP contribution in [0.2, 0.25) is 0 Å². The van der Waals surface area contributed by atoms with Crippen LogP contribution in [0.3, 0.4) is 0 Å². The van der Waals surface area contributed by atoms with Crippen molar-refractivity contribution in [3.63, 3.8) is 0 Å². The Morgan fingerprint density at radius 1 is 1.50 bits per heavy atom. The minimum atomic E-state index is 0.306. The van der Waals surface area contributed by atoms with E-state index in [9.17, 15) is 0 Å². The predicted octanol–water partition coefficient (Wildman–Crippen LogP) is 2.52. The van der Waals surface area contributed by atoms with Gasteiger partial charge in [0.15, 0.2) is 0 Å². The first kappa shape index (κ1) is 13.9. The van der Waals surface area contributed by atoms with E-state index in [0.29, 0.717) is 11.3 Å². The maximum atomic E-state index is 4.39. The second-order valence-electron chi connectivity index (χ2n) is 5.80. The van der Waals surface area contributed by atoms with Crippen LogP contribution in [-0.4, -0.2) is 34.6 Å².